The molecule has 0 atom stereocenters. The fourth-order valence-corrected chi connectivity index (χ4v) is 6.02. The van der Waals surface area contributed by atoms with Crippen molar-refractivity contribution in [2.45, 2.75) is 0 Å². The topological polar surface area (TPSA) is 54.8 Å². The maximum atomic E-state index is 9.46. The van der Waals surface area contributed by atoms with Gasteiger partial charge in [0.15, 0.2) is 0 Å². The van der Waals surface area contributed by atoms with E-state index in [1.165, 1.54) is 0 Å². The molecule has 0 aliphatic heterocycles. The molecule has 0 aliphatic rings. The van der Waals surface area contributed by atoms with Gasteiger partial charge >= 0.3 is 0 Å². The number of hydrogen-bond donors (Lipinski definition) is 0. The lowest BCUT2D eigenvalue weighted by molar-refractivity contribution is 0.673. The minimum Gasteiger partial charge on any atom is -0.455 e. The lowest BCUT2D eigenvalue weighted by atomic mass is 9.93. The van der Waals surface area contributed by atoms with Crippen molar-refractivity contribution in [3.05, 3.63) is 133 Å². The maximum Gasteiger partial charge on any atom is 0.145 e. The second-order valence-corrected chi connectivity index (χ2v) is 9.89. The Morgan fingerprint density at radius 3 is 2.23 bits per heavy atom. The van der Waals surface area contributed by atoms with Crippen molar-refractivity contribution in [2.75, 3.05) is 0 Å². The van der Waals surface area contributed by atoms with Crippen LogP contribution in [-0.2, 0) is 0 Å². The van der Waals surface area contributed by atoms with Crippen LogP contribution in [0.4, 0.5) is 0 Å². The Morgan fingerprint density at radius 1 is 0.625 bits per heavy atom. The summed E-state index contributed by atoms with van der Waals surface area (Å²) in [5.41, 5.74) is 9.68. The quantitative estimate of drug-likeness (QED) is 0.237. The van der Waals surface area contributed by atoms with E-state index in [9.17, 15) is 5.26 Å². The number of furan rings is 1. The second kappa shape index (κ2) is 8.69. The van der Waals surface area contributed by atoms with Gasteiger partial charge in [-0.1, -0.05) is 78.9 Å². The zero-order chi connectivity index (χ0) is 26.6. The van der Waals surface area contributed by atoms with Crippen LogP contribution in [0.3, 0.4) is 0 Å². The molecule has 4 heteroatoms. The van der Waals surface area contributed by atoms with Crippen LogP contribution < -0.4 is 0 Å². The zero-order valence-electron chi connectivity index (χ0n) is 21.4. The lowest BCUT2D eigenvalue weighted by Gasteiger charge is -2.17. The minimum atomic E-state index is 0.401. The van der Waals surface area contributed by atoms with Gasteiger partial charge in [0, 0.05) is 27.9 Å². The summed E-state index contributed by atoms with van der Waals surface area (Å²) >= 11 is 0. The van der Waals surface area contributed by atoms with Gasteiger partial charge in [0.1, 0.15) is 22.9 Å². The van der Waals surface area contributed by atoms with E-state index in [0.717, 1.165) is 71.7 Å². The summed E-state index contributed by atoms with van der Waals surface area (Å²) in [6.45, 7) is 0. The summed E-state index contributed by atoms with van der Waals surface area (Å²) < 4.78 is 8.83. The molecular weight excluding hydrogens is 490 g/mol. The fraction of sp³-hybridized carbons (Fsp3) is 0. The SMILES string of the molecule is N#Cc1cc(-c2ccccc2-c2ccccc2-n2c3ccccc3c3c4oc5ccccc5c4ccc32)ccn1. The number of aromatic nitrogens is 2. The molecule has 0 aliphatic carbocycles. The number of nitrogens with zero attached hydrogens (tertiary/aromatic N) is 3. The van der Waals surface area contributed by atoms with Gasteiger partial charge in [-0.3, -0.25) is 0 Å². The Bertz CT molecular complexity index is 2300. The van der Waals surface area contributed by atoms with E-state index in [2.05, 4.69) is 107 Å². The number of benzene rings is 5. The van der Waals surface area contributed by atoms with Gasteiger partial charge in [-0.05, 0) is 59.2 Å². The number of rotatable bonds is 3. The Morgan fingerprint density at radius 2 is 1.35 bits per heavy atom. The van der Waals surface area contributed by atoms with E-state index in [4.69, 9.17) is 4.42 Å². The van der Waals surface area contributed by atoms with Gasteiger partial charge in [-0.15, -0.1) is 0 Å². The Kier molecular flexibility index (Phi) is 4.85. The smallest absolute Gasteiger partial charge is 0.145 e. The molecule has 8 rings (SSSR count). The van der Waals surface area contributed by atoms with Crippen molar-refractivity contribution < 1.29 is 4.42 Å². The lowest BCUT2D eigenvalue weighted by Crippen LogP contribution is -1.98. The molecule has 0 bridgehead atoms. The molecular formula is C36H21N3O. The number of hydrogen-bond acceptors (Lipinski definition) is 3. The highest BCUT2D eigenvalue weighted by Crippen LogP contribution is 2.43. The Hall–Kier alpha value is -5.66. The van der Waals surface area contributed by atoms with Crippen molar-refractivity contribution in [1.29, 1.82) is 5.26 Å². The van der Waals surface area contributed by atoms with Gasteiger partial charge in [0.05, 0.1) is 22.1 Å². The number of para-hydroxylation sites is 3. The molecule has 0 fully saturated rings. The molecule has 0 radical (unpaired) electrons. The van der Waals surface area contributed by atoms with E-state index < -0.39 is 0 Å². The first kappa shape index (κ1) is 22.3. The summed E-state index contributed by atoms with van der Waals surface area (Å²) in [6.07, 6.45) is 1.70. The maximum absolute atomic E-state index is 9.46. The third-order valence-electron chi connectivity index (χ3n) is 7.73. The van der Waals surface area contributed by atoms with E-state index in [-0.39, 0.29) is 0 Å². The fourth-order valence-electron chi connectivity index (χ4n) is 6.02. The molecule has 3 aromatic heterocycles. The van der Waals surface area contributed by atoms with Crippen LogP contribution in [0.15, 0.2) is 132 Å². The average Bonchev–Trinajstić information content (AvgIpc) is 3.57. The van der Waals surface area contributed by atoms with Crippen LogP contribution in [0.1, 0.15) is 5.69 Å². The van der Waals surface area contributed by atoms with Crippen molar-refractivity contribution in [1.82, 2.24) is 9.55 Å². The molecule has 0 amide bonds. The van der Waals surface area contributed by atoms with E-state index in [1.54, 1.807) is 6.20 Å². The summed E-state index contributed by atoms with van der Waals surface area (Å²) in [5.74, 6) is 0. The van der Waals surface area contributed by atoms with Gasteiger partial charge in [-0.25, -0.2) is 4.98 Å². The average molecular weight is 512 g/mol. The predicted molar refractivity (Wildman–Crippen MR) is 161 cm³/mol. The van der Waals surface area contributed by atoms with Crippen LogP contribution >= 0.6 is 0 Å². The Balaban J connectivity index is 1.45. The summed E-state index contributed by atoms with van der Waals surface area (Å²) in [5, 5.41) is 14.0. The molecule has 4 nitrogen and oxygen atoms in total. The highest BCUT2D eigenvalue weighted by molar-refractivity contribution is 6.24. The standard InChI is InChI=1S/C36H21N3O/c37-22-24-21-23(19-20-38-24)25-9-1-2-10-26(25)27-11-3-6-14-31(27)39-32-15-7-4-13-30(32)35-33(39)18-17-29-28-12-5-8-16-34(28)40-36(29)35/h1-21H. The molecule has 0 saturated heterocycles. The molecule has 40 heavy (non-hydrogen) atoms. The molecule has 0 unspecified atom stereocenters. The van der Waals surface area contributed by atoms with Crippen LogP contribution in [0.5, 0.6) is 0 Å². The van der Waals surface area contributed by atoms with E-state index in [1.807, 2.05) is 30.3 Å². The van der Waals surface area contributed by atoms with Gasteiger partial charge in [0.2, 0.25) is 0 Å². The molecule has 3 heterocycles. The zero-order valence-corrected chi connectivity index (χ0v) is 21.4. The van der Waals surface area contributed by atoms with Crippen LogP contribution in [0.2, 0.25) is 0 Å². The number of nitriles is 1. The third-order valence-corrected chi connectivity index (χ3v) is 7.73. The van der Waals surface area contributed by atoms with Crippen molar-refractivity contribution in [3.63, 3.8) is 0 Å². The number of pyridine rings is 1. The summed E-state index contributed by atoms with van der Waals surface area (Å²) in [4.78, 5) is 4.18. The minimum absolute atomic E-state index is 0.401. The summed E-state index contributed by atoms with van der Waals surface area (Å²) in [6, 6.07) is 44.0. The van der Waals surface area contributed by atoms with Crippen LogP contribution in [0, 0.1) is 11.3 Å². The van der Waals surface area contributed by atoms with E-state index >= 15 is 0 Å². The van der Waals surface area contributed by atoms with Crippen molar-refractivity contribution in [3.8, 4) is 34.0 Å². The van der Waals surface area contributed by atoms with Gasteiger partial charge < -0.3 is 8.98 Å². The predicted octanol–water partition coefficient (Wildman–Crippen LogP) is 9.28. The monoisotopic (exact) mass is 511 g/mol. The third kappa shape index (κ3) is 3.22. The molecule has 0 N–H and O–H groups in total. The molecule has 8 aromatic rings. The van der Waals surface area contributed by atoms with Crippen molar-refractivity contribution in [2.24, 2.45) is 0 Å². The van der Waals surface area contributed by atoms with Gasteiger partial charge in [0.25, 0.3) is 0 Å². The number of fused-ring (bicyclic) bond motifs is 7. The molecule has 0 saturated carbocycles. The first-order valence-electron chi connectivity index (χ1n) is 13.2. The normalized spacial score (nSPS) is 11.5. The van der Waals surface area contributed by atoms with Gasteiger partial charge in [-0.2, -0.15) is 5.26 Å². The first-order valence-corrected chi connectivity index (χ1v) is 13.2. The largest absolute Gasteiger partial charge is 0.455 e. The molecule has 0 spiro atoms. The highest BCUT2D eigenvalue weighted by atomic mass is 16.3. The van der Waals surface area contributed by atoms with Crippen LogP contribution in [0.25, 0.3) is 71.7 Å². The van der Waals surface area contributed by atoms with Crippen molar-refractivity contribution >= 4 is 43.7 Å². The molecule has 186 valence electrons. The molecule has 5 aromatic carbocycles. The Labute approximate surface area is 230 Å². The summed E-state index contributed by atoms with van der Waals surface area (Å²) in [7, 11) is 0. The second-order valence-electron chi connectivity index (χ2n) is 9.89. The van der Waals surface area contributed by atoms with E-state index in [0.29, 0.717) is 5.69 Å². The first-order chi connectivity index (χ1) is 19.8. The van der Waals surface area contributed by atoms with Crippen LogP contribution in [-0.4, -0.2) is 9.55 Å². The highest BCUT2D eigenvalue weighted by Gasteiger charge is 2.20.